The van der Waals surface area contributed by atoms with Crippen molar-refractivity contribution in [2.24, 2.45) is 0 Å². The van der Waals surface area contributed by atoms with E-state index in [-0.39, 0.29) is 49.8 Å². The zero-order chi connectivity index (χ0) is 51.7. The standard InChI is InChI=1S/C25H27Cl2FN2O4.C16H11Cl2FO2.C9H18N2O3/c1-15(31)29(3)13-19(34-16(2)32)14-30(4)24(33)25(9-10-25)18-6-7-20(23(28)12-18)17-5-8-21(26)22(27)11-17;17-12-4-1-9(7-13(12)18)11-3-2-10(8-14(11)19)16(5-6-16)15(20)21;1-7(12)10(3)5-9(14)6-11(4)8(2)13/h5-8,11-12,19H,9-10,13-14H2,1-4H3;1-4,7-8H,5-6H2,(H,20,21);9,14H,5-6H2,1-4H3. The maximum absolute atomic E-state index is 15.1. The molecule has 0 saturated heterocycles. The number of carbonyl (C=O) groups excluding carboxylic acids is 5. The van der Waals surface area contributed by atoms with Crippen LogP contribution in [-0.4, -0.2) is 132 Å². The summed E-state index contributed by atoms with van der Waals surface area (Å²) >= 11 is 23.8. The summed E-state index contributed by atoms with van der Waals surface area (Å²) in [6.45, 7) is 6.31. The number of nitrogens with zero attached hydrogens (tertiary/aromatic N) is 4. The molecule has 0 heterocycles. The number of likely N-dealkylation sites (N-methyl/N-ethyl adjacent to an activating group) is 4. The largest absolute Gasteiger partial charge is 0.481 e. The van der Waals surface area contributed by atoms with Gasteiger partial charge in [-0.25, -0.2) is 8.78 Å². The number of rotatable bonds is 15. The molecule has 1 atom stereocenters. The normalized spacial score (nSPS) is 14.1. The van der Waals surface area contributed by atoms with Crippen LogP contribution in [0.15, 0.2) is 72.8 Å². The number of aliphatic carboxylic acids is 1. The van der Waals surface area contributed by atoms with Crippen molar-refractivity contribution in [2.75, 3.05) is 54.4 Å². The van der Waals surface area contributed by atoms with Crippen molar-refractivity contribution in [3.8, 4) is 22.3 Å². The minimum atomic E-state index is -0.906. The van der Waals surface area contributed by atoms with Crippen LogP contribution < -0.4 is 0 Å². The third-order valence-corrected chi connectivity index (χ3v) is 13.5. The topological polar surface area (TPSA) is 165 Å². The molecule has 2 saturated carbocycles. The highest BCUT2D eigenvalue weighted by molar-refractivity contribution is 6.42. The lowest BCUT2D eigenvalue weighted by atomic mass is 9.92. The van der Waals surface area contributed by atoms with Crippen molar-refractivity contribution in [3.05, 3.63) is 116 Å². The molecule has 2 fully saturated rings. The summed E-state index contributed by atoms with van der Waals surface area (Å²) in [6.07, 6.45) is 0.908. The number of carboxylic acid groups (broad SMARTS) is 1. The van der Waals surface area contributed by atoms with Crippen LogP contribution in [0.1, 0.15) is 64.5 Å². The van der Waals surface area contributed by atoms with Gasteiger partial charge < -0.3 is 34.5 Å². The molecule has 69 heavy (non-hydrogen) atoms. The van der Waals surface area contributed by atoms with E-state index in [0.717, 1.165) is 0 Å². The lowest BCUT2D eigenvalue weighted by molar-refractivity contribution is -0.152. The SMILES string of the molecule is CC(=O)N(C)CC(O)CN(C)C(C)=O.CC(=O)OC(CN(C)C(C)=O)CN(C)C(=O)C1(c2ccc(-c3ccc(Cl)c(Cl)c3)c(F)c2)CC1.O=C(O)C1(c2ccc(-c3ccc(Cl)c(Cl)c3)c(F)c2)CC1. The number of amides is 4. The molecule has 13 nitrogen and oxygen atoms in total. The van der Waals surface area contributed by atoms with E-state index in [1.54, 1.807) is 88.9 Å². The monoisotopic (exact) mass is 1030 g/mol. The number of benzene rings is 4. The van der Waals surface area contributed by atoms with E-state index < -0.39 is 46.6 Å². The number of hydrogen-bond donors (Lipinski definition) is 2. The second-order valence-electron chi connectivity index (χ2n) is 17.4. The van der Waals surface area contributed by atoms with Gasteiger partial charge in [-0.1, -0.05) is 82.8 Å². The Morgan fingerprint density at radius 2 is 0.942 bits per heavy atom. The number of esters is 1. The van der Waals surface area contributed by atoms with Crippen molar-refractivity contribution in [1.29, 1.82) is 0 Å². The average Bonchev–Trinajstić information content (AvgIpc) is 4.21. The quantitative estimate of drug-likeness (QED) is 0.111. The number of carbonyl (C=O) groups is 6. The predicted octanol–water partition coefficient (Wildman–Crippen LogP) is 8.92. The van der Waals surface area contributed by atoms with Crippen LogP contribution in [0.5, 0.6) is 0 Å². The number of halogens is 6. The van der Waals surface area contributed by atoms with Gasteiger partial charge in [0.15, 0.2) is 0 Å². The van der Waals surface area contributed by atoms with Crippen LogP contribution in [0.2, 0.25) is 20.1 Å². The van der Waals surface area contributed by atoms with Crippen molar-refractivity contribution < 1.29 is 52.5 Å². The predicted molar refractivity (Wildman–Crippen MR) is 262 cm³/mol. The fourth-order valence-electron chi connectivity index (χ4n) is 7.42. The molecule has 0 aromatic heterocycles. The maximum atomic E-state index is 15.1. The fraction of sp³-hybridized carbons (Fsp3) is 0.400. The van der Waals surface area contributed by atoms with Crippen LogP contribution in [0, 0.1) is 11.6 Å². The van der Waals surface area contributed by atoms with Crippen LogP contribution >= 0.6 is 46.4 Å². The summed E-state index contributed by atoms with van der Waals surface area (Å²) in [5, 5.41) is 20.2. The minimum absolute atomic E-state index is 0.102. The Hall–Kier alpha value is -5.32. The summed E-state index contributed by atoms with van der Waals surface area (Å²) in [6, 6.07) is 19.1. The van der Waals surface area contributed by atoms with Gasteiger partial charge in [-0.2, -0.15) is 0 Å². The minimum Gasteiger partial charge on any atom is -0.481 e. The van der Waals surface area contributed by atoms with Gasteiger partial charge in [0.1, 0.15) is 17.7 Å². The van der Waals surface area contributed by atoms with Gasteiger partial charge in [0.2, 0.25) is 23.6 Å². The van der Waals surface area contributed by atoms with E-state index in [1.165, 1.54) is 59.4 Å². The van der Waals surface area contributed by atoms with E-state index in [9.17, 15) is 43.4 Å². The van der Waals surface area contributed by atoms with Crippen LogP contribution in [-0.2, 0) is 44.3 Å². The number of ether oxygens (including phenoxy) is 1. The van der Waals surface area contributed by atoms with E-state index in [1.807, 2.05) is 0 Å². The van der Waals surface area contributed by atoms with Crippen molar-refractivity contribution in [3.63, 3.8) is 0 Å². The van der Waals surface area contributed by atoms with E-state index >= 15 is 4.39 Å². The zero-order valence-corrected chi connectivity index (χ0v) is 42.6. The highest BCUT2D eigenvalue weighted by atomic mass is 35.5. The second kappa shape index (κ2) is 24.0. The van der Waals surface area contributed by atoms with E-state index in [2.05, 4.69) is 0 Å². The van der Waals surface area contributed by atoms with Crippen molar-refractivity contribution >= 4 is 82.0 Å². The lowest BCUT2D eigenvalue weighted by Crippen LogP contribution is -2.46. The molecule has 2 N–H and O–H groups in total. The Morgan fingerprint density at radius 1 is 0.565 bits per heavy atom. The Bertz CT molecular complexity index is 2550. The number of aliphatic hydroxyl groups excluding tert-OH is 1. The average molecular weight is 1040 g/mol. The lowest BCUT2D eigenvalue weighted by Gasteiger charge is -2.29. The maximum Gasteiger partial charge on any atom is 0.314 e. The van der Waals surface area contributed by atoms with Crippen LogP contribution in [0.25, 0.3) is 22.3 Å². The molecule has 6 rings (SSSR count). The summed E-state index contributed by atoms with van der Waals surface area (Å²) < 4.78 is 34.7. The van der Waals surface area contributed by atoms with Gasteiger partial charge in [0.25, 0.3) is 0 Å². The number of carboxylic acids is 1. The molecule has 2 aliphatic carbocycles. The van der Waals surface area contributed by atoms with Gasteiger partial charge in [0, 0.05) is 80.1 Å². The summed E-state index contributed by atoms with van der Waals surface area (Å²) in [5.41, 5.74) is 1.31. The first-order valence-electron chi connectivity index (χ1n) is 21.7. The third-order valence-electron chi connectivity index (χ3n) is 12.0. The van der Waals surface area contributed by atoms with Crippen LogP contribution in [0.4, 0.5) is 8.78 Å². The molecule has 2 aliphatic rings. The Balaban J connectivity index is 0.000000251. The Morgan fingerprint density at radius 3 is 1.28 bits per heavy atom. The molecule has 0 radical (unpaired) electrons. The summed E-state index contributed by atoms with van der Waals surface area (Å²) in [5.74, 6) is -2.88. The highest BCUT2D eigenvalue weighted by Gasteiger charge is 2.53. The molecule has 0 spiro atoms. The Kier molecular flexibility index (Phi) is 19.6. The van der Waals surface area contributed by atoms with Crippen LogP contribution in [0.3, 0.4) is 0 Å². The molecule has 19 heteroatoms. The number of aliphatic hydroxyl groups is 1. The van der Waals surface area contributed by atoms with Gasteiger partial charge in [-0.05, 0) is 84.3 Å². The Labute approximate surface area is 420 Å². The molecule has 4 aromatic carbocycles. The molecular weight excluding hydrogens is 980 g/mol. The second-order valence-corrected chi connectivity index (χ2v) is 19.0. The summed E-state index contributed by atoms with van der Waals surface area (Å²) in [4.78, 5) is 75.2. The molecule has 4 aromatic rings. The fourth-order valence-corrected chi connectivity index (χ4v) is 8.02. The van der Waals surface area contributed by atoms with Gasteiger partial charge in [0.05, 0.1) is 50.1 Å². The molecule has 1 unspecified atom stereocenters. The van der Waals surface area contributed by atoms with Gasteiger partial charge in [-0.3, -0.25) is 28.8 Å². The van der Waals surface area contributed by atoms with Crippen molar-refractivity contribution in [1.82, 2.24) is 19.6 Å². The first kappa shape index (κ1) is 56.3. The van der Waals surface area contributed by atoms with Gasteiger partial charge >= 0.3 is 11.9 Å². The first-order valence-corrected chi connectivity index (χ1v) is 23.2. The summed E-state index contributed by atoms with van der Waals surface area (Å²) in [7, 11) is 6.44. The molecule has 372 valence electrons. The van der Waals surface area contributed by atoms with E-state index in [0.29, 0.717) is 79.2 Å². The van der Waals surface area contributed by atoms with E-state index in [4.69, 9.17) is 51.1 Å². The molecule has 0 bridgehead atoms. The molecular formula is C50H56Cl4F2N4O9. The third kappa shape index (κ3) is 14.8. The molecule has 4 amide bonds. The van der Waals surface area contributed by atoms with Gasteiger partial charge in [-0.15, -0.1) is 0 Å². The molecule has 0 aliphatic heterocycles. The first-order chi connectivity index (χ1) is 32.2. The zero-order valence-electron chi connectivity index (χ0n) is 39.5. The van der Waals surface area contributed by atoms with Crippen molar-refractivity contribution in [2.45, 2.75) is 76.4 Å². The highest BCUT2D eigenvalue weighted by Crippen LogP contribution is 2.51. The smallest absolute Gasteiger partial charge is 0.314 e. The number of hydrogen-bond acceptors (Lipinski definition) is 8.